The second-order valence-electron chi connectivity index (χ2n) is 8.73. The van der Waals surface area contributed by atoms with Crippen molar-refractivity contribution in [2.75, 3.05) is 25.5 Å². The Morgan fingerprint density at radius 1 is 1.06 bits per heavy atom. The summed E-state index contributed by atoms with van der Waals surface area (Å²) in [4.78, 5) is 16.7. The maximum atomic E-state index is 13.1. The molecule has 6 heteroatoms. The first kappa shape index (κ1) is 23.5. The third-order valence-electron chi connectivity index (χ3n) is 6.21. The smallest absolute Gasteiger partial charge is 0.256 e. The molecule has 33 heavy (non-hydrogen) atoms. The van der Waals surface area contributed by atoms with E-state index in [9.17, 15) is 4.79 Å². The highest BCUT2D eigenvalue weighted by Gasteiger charge is 2.34. The lowest BCUT2D eigenvalue weighted by Gasteiger charge is -2.41. The van der Waals surface area contributed by atoms with E-state index >= 15 is 0 Å². The average Bonchev–Trinajstić information content (AvgIpc) is 3.07. The fourth-order valence-electron chi connectivity index (χ4n) is 4.61. The van der Waals surface area contributed by atoms with Gasteiger partial charge in [-0.15, -0.1) is 11.3 Å². The zero-order chi connectivity index (χ0) is 23.5. The molecule has 1 aliphatic rings. The molecule has 5 nitrogen and oxygen atoms in total. The van der Waals surface area contributed by atoms with Gasteiger partial charge in [0.05, 0.1) is 25.4 Å². The van der Waals surface area contributed by atoms with Gasteiger partial charge in [0.2, 0.25) is 0 Å². The lowest BCUT2D eigenvalue weighted by Crippen LogP contribution is -2.47. The number of hydrogen-bond donors (Lipinski definition) is 1. The van der Waals surface area contributed by atoms with Crippen LogP contribution in [0.5, 0.6) is 5.75 Å². The number of benzene rings is 2. The first-order valence-corrected chi connectivity index (χ1v) is 12.2. The van der Waals surface area contributed by atoms with Crippen LogP contribution < -0.4 is 10.1 Å². The molecule has 0 bridgehead atoms. The molecule has 1 fully saturated rings. The highest BCUT2D eigenvalue weighted by molar-refractivity contribution is 7.16. The molecule has 1 aromatic heterocycles. The minimum atomic E-state index is -0.0877. The zero-order valence-corrected chi connectivity index (χ0v) is 20.7. The third kappa shape index (κ3) is 5.13. The molecule has 2 aromatic carbocycles. The van der Waals surface area contributed by atoms with Crippen LogP contribution in [0.1, 0.15) is 51.8 Å². The van der Waals surface area contributed by atoms with Crippen LogP contribution in [-0.4, -0.2) is 43.2 Å². The van der Waals surface area contributed by atoms with Crippen LogP contribution in [0.4, 0.5) is 5.00 Å². The van der Waals surface area contributed by atoms with Gasteiger partial charge >= 0.3 is 0 Å². The molecule has 174 valence electrons. The predicted octanol–water partition coefficient (Wildman–Crippen LogP) is 5.82. The molecule has 1 saturated heterocycles. The van der Waals surface area contributed by atoms with E-state index in [4.69, 9.17) is 9.47 Å². The Bertz CT molecular complexity index is 1080. The van der Waals surface area contributed by atoms with Crippen molar-refractivity contribution in [3.63, 3.8) is 0 Å². The second-order valence-corrected chi connectivity index (χ2v) is 9.96. The summed E-state index contributed by atoms with van der Waals surface area (Å²) in [5.41, 5.74) is 4.21. The number of ether oxygens (including phenoxy) is 2. The number of carbonyl (C=O) groups excluding carboxylic acids is 1. The standard InChI is InChI=1S/C27H32N2O3S/c1-17-15-29(16-18(2)32-17)25(21-11-13-23(31-5)14-12-21)24-19(3)20(4)33-27(24)28-26(30)22-9-7-6-8-10-22/h6-14,17-18,25H,15-16H2,1-5H3,(H,28,30)/t17-,18+,25-/m0/s1. The van der Waals surface area contributed by atoms with Crippen molar-refractivity contribution in [3.8, 4) is 5.75 Å². The molecule has 1 amide bonds. The van der Waals surface area contributed by atoms with Crippen molar-refractivity contribution in [1.82, 2.24) is 4.90 Å². The van der Waals surface area contributed by atoms with Crippen LogP contribution in [-0.2, 0) is 4.74 Å². The van der Waals surface area contributed by atoms with Gasteiger partial charge in [0.15, 0.2) is 0 Å². The van der Waals surface area contributed by atoms with Gasteiger partial charge in [0, 0.05) is 29.1 Å². The van der Waals surface area contributed by atoms with Crippen molar-refractivity contribution in [2.45, 2.75) is 45.9 Å². The van der Waals surface area contributed by atoms with Gasteiger partial charge in [-0.1, -0.05) is 30.3 Å². The second kappa shape index (κ2) is 10.1. The summed E-state index contributed by atoms with van der Waals surface area (Å²) in [6.07, 6.45) is 0.272. The van der Waals surface area contributed by atoms with E-state index in [1.54, 1.807) is 18.4 Å². The van der Waals surface area contributed by atoms with Crippen molar-refractivity contribution in [2.24, 2.45) is 0 Å². The quantitative estimate of drug-likeness (QED) is 0.499. The molecule has 1 N–H and O–H groups in total. The number of amides is 1. The molecule has 0 radical (unpaired) electrons. The molecular weight excluding hydrogens is 432 g/mol. The summed E-state index contributed by atoms with van der Waals surface area (Å²) >= 11 is 1.65. The van der Waals surface area contributed by atoms with Crippen LogP contribution in [0.2, 0.25) is 0 Å². The molecule has 0 aliphatic carbocycles. The van der Waals surface area contributed by atoms with Crippen LogP contribution in [0, 0.1) is 13.8 Å². The molecule has 4 rings (SSSR count). The molecule has 0 saturated carbocycles. The SMILES string of the molecule is COc1ccc([C@@H](c2c(NC(=O)c3ccccc3)sc(C)c2C)N2C[C@@H](C)O[C@@H](C)C2)cc1. The molecular formula is C27H32N2O3S. The lowest BCUT2D eigenvalue weighted by molar-refractivity contribution is -0.0765. The number of anilines is 1. The first-order chi connectivity index (χ1) is 15.9. The first-order valence-electron chi connectivity index (χ1n) is 11.4. The lowest BCUT2D eigenvalue weighted by atomic mass is 9.93. The van der Waals surface area contributed by atoms with Gasteiger partial charge in [0.1, 0.15) is 10.8 Å². The number of morpholine rings is 1. The van der Waals surface area contributed by atoms with E-state index in [1.807, 2.05) is 42.5 Å². The van der Waals surface area contributed by atoms with E-state index in [2.05, 4.69) is 50.0 Å². The minimum absolute atomic E-state index is 0.000675. The molecule has 0 spiro atoms. The van der Waals surface area contributed by atoms with E-state index in [0.29, 0.717) is 5.56 Å². The highest BCUT2D eigenvalue weighted by Crippen LogP contribution is 2.43. The number of nitrogens with zero attached hydrogens (tertiary/aromatic N) is 1. The number of thiophene rings is 1. The number of methoxy groups -OCH3 is 1. The molecule has 2 heterocycles. The summed E-state index contributed by atoms with van der Waals surface area (Å²) in [6.45, 7) is 10.2. The maximum absolute atomic E-state index is 13.1. The average molecular weight is 465 g/mol. The number of aryl methyl sites for hydroxylation is 1. The Morgan fingerprint density at radius 2 is 1.70 bits per heavy atom. The molecule has 1 aliphatic heterocycles. The summed E-state index contributed by atoms with van der Waals surface area (Å²) in [5, 5.41) is 4.13. The maximum Gasteiger partial charge on any atom is 0.256 e. The fourth-order valence-corrected chi connectivity index (χ4v) is 5.69. The van der Waals surface area contributed by atoms with E-state index in [0.717, 1.165) is 29.4 Å². The van der Waals surface area contributed by atoms with Gasteiger partial charge in [-0.05, 0) is 63.1 Å². The van der Waals surface area contributed by atoms with Crippen LogP contribution in [0.25, 0.3) is 0 Å². The van der Waals surface area contributed by atoms with Crippen LogP contribution >= 0.6 is 11.3 Å². The van der Waals surface area contributed by atoms with E-state index in [1.165, 1.54) is 16.0 Å². The Labute approximate surface area is 200 Å². The zero-order valence-electron chi connectivity index (χ0n) is 19.9. The number of rotatable bonds is 6. The normalized spacial score (nSPS) is 19.8. The molecule has 3 atom stereocenters. The minimum Gasteiger partial charge on any atom is -0.497 e. The van der Waals surface area contributed by atoms with E-state index < -0.39 is 0 Å². The fraction of sp³-hybridized carbons (Fsp3) is 0.370. The Balaban J connectivity index is 1.78. The van der Waals surface area contributed by atoms with E-state index in [-0.39, 0.29) is 24.2 Å². The van der Waals surface area contributed by atoms with Crippen molar-refractivity contribution in [1.29, 1.82) is 0 Å². The summed E-state index contributed by atoms with van der Waals surface area (Å²) in [6, 6.07) is 17.6. The van der Waals surface area contributed by atoms with Gasteiger partial charge < -0.3 is 14.8 Å². The third-order valence-corrected chi connectivity index (χ3v) is 7.35. The summed E-state index contributed by atoms with van der Waals surface area (Å²) in [5.74, 6) is 0.743. The highest BCUT2D eigenvalue weighted by atomic mass is 32.1. The van der Waals surface area contributed by atoms with Gasteiger partial charge in [-0.25, -0.2) is 0 Å². The van der Waals surface area contributed by atoms with Gasteiger partial charge in [0.25, 0.3) is 5.91 Å². The predicted molar refractivity (Wildman–Crippen MR) is 135 cm³/mol. The van der Waals surface area contributed by atoms with Crippen LogP contribution in [0.3, 0.4) is 0 Å². The number of nitrogens with one attached hydrogen (secondary N) is 1. The largest absolute Gasteiger partial charge is 0.497 e. The van der Waals surface area contributed by atoms with Gasteiger partial charge in [-0.3, -0.25) is 9.69 Å². The number of hydrogen-bond acceptors (Lipinski definition) is 5. The topological polar surface area (TPSA) is 50.8 Å². The Morgan fingerprint density at radius 3 is 2.30 bits per heavy atom. The number of carbonyl (C=O) groups is 1. The Hall–Kier alpha value is -2.67. The van der Waals surface area contributed by atoms with Crippen molar-refractivity contribution >= 4 is 22.2 Å². The van der Waals surface area contributed by atoms with Crippen molar-refractivity contribution in [3.05, 3.63) is 81.7 Å². The monoisotopic (exact) mass is 464 g/mol. The molecule has 3 aromatic rings. The summed E-state index contributed by atoms with van der Waals surface area (Å²) in [7, 11) is 1.68. The molecule has 0 unspecified atom stereocenters. The van der Waals surface area contributed by atoms with Crippen molar-refractivity contribution < 1.29 is 14.3 Å². The Kier molecular flexibility index (Phi) is 7.17. The summed E-state index contributed by atoms with van der Waals surface area (Å²) < 4.78 is 11.4. The van der Waals surface area contributed by atoms with Crippen LogP contribution in [0.15, 0.2) is 54.6 Å². The van der Waals surface area contributed by atoms with Gasteiger partial charge in [-0.2, -0.15) is 0 Å².